The molecule has 1 aliphatic rings. The first kappa shape index (κ1) is 93.2. The van der Waals surface area contributed by atoms with Gasteiger partial charge >= 0.3 is 12.1 Å². The molecule has 0 saturated carbocycles. The lowest BCUT2D eigenvalue weighted by atomic mass is 9.89. The van der Waals surface area contributed by atoms with E-state index in [1.54, 1.807) is 128 Å². The van der Waals surface area contributed by atoms with E-state index in [2.05, 4.69) is 37.2 Å². The number of likely N-dealkylation sites (tertiary alicyclic amines) is 1. The Kier molecular flexibility index (Phi) is 37.8. The van der Waals surface area contributed by atoms with E-state index in [1.807, 2.05) is 39.0 Å². The normalized spacial score (nSPS) is 16.2. The second kappa shape index (κ2) is 45.4. The average molecular weight is 1580 g/mol. The molecule has 4 aromatic rings. The number of nitrogens with two attached hydrogens (primary N) is 1. The van der Waals surface area contributed by atoms with Gasteiger partial charge in [-0.3, -0.25) is 48.1 Å². The number of nitrogens with one attached hydrogen (secondary N) is 7. The SMILES string of the molecule is CCC(CS(=O)(=O)c1ccc(C)cc1)C(=O)c1ccc(C(=O)NCCOCCC(=O)N[C@H](C(=O)N[C@@H](CCCNC(N)=O)C(=O)Nc2ccc(COC(=O)N(C)[C@H](C(=O)N[C@H](C(=O)N(C)[C@H](C(CC(=O)N3CCC[C@H]3[C@H](OC)[C@@H](C)C(=O)N[C@H](C)[C@@H](O)c3ccccc3)OC)[C@@H](C)CC)C(C)C)C(C)C)cc2)C(C)C)cc1. The van der Waals surface area contributed by atoms with Crippen LogP contribution >= 0.6 is 0 Å². The van der Waals surface area contributed by atoms with Crippen LogP contribution in [0.2, 0.25) is 0 Å². The largest absolute Gasteiger partial charge is 0.445 e. The number of sulfone groups is 1. The standard InChI is InChI=1S/C82H121N11O18S/c1-17-53(10)71(65(108-15)46-67(95)93-43-23-27-64(93)74(109-16)54(11)75(98)86-55(12)72(96)58-24-20-19-21-25-58)91(13)80(103)69(50(5)6)90-79(102)70(51(7)8)92(14)82(105)111-47-56-30-36-61(37-31-56)87-77(100)63(26-22-41-85-81(83)104)88-78(101)68(49(3)4)89-66(94)40-44-110-45-42-84-76(99)60-34-32-59(33-35-60)73(97)57(18-2)48-112(106,107)62-38-28-52(9)29-39-62/h19-21,24-25,28-39,49-51,53-55,57,63-65,68-72,74,96H,17-18,22-23,26-27,40-48H2,1-16H3,(H,84,99)(H,86,98)(H,87,100)(H,88,101)(H,89,94)(H,90,102)(H3,83,85,104)/t53-,54+,55+,57?,63-,64-,65?,68-,69-,70-,71-,72+,74+/m0/s1. The van der Waals surface area contributed by atoms with Crippen LogP contribution in [0.1, 0.15) is 171 Å². The van der Waals surface area contributed by atoms with Crippen molar-refractivity contribution < 1.29 is 85.2 Å². The lowest BCUT2D eigenvalue weighted by Crippen LogP contribution is -2.60. The number of anilines is 1. The number of methoxy groups -OCH3 is 2. The Balaban J connectivity index is 1.12. The smallest absolute Gasteiger partial charge is 0.410 e. The summed E-state index contributed by atoms with van der Waals surface area (Å²) in [5, 5.41) is 30.3. The molecular weight excluding hydrogens is 1460 g/mol. The molecule has 1 saturated heterocycles. The molecule has 1 fully saturated rings. The number of likely N-dealkylation sites (N-methyl/N-ethyl adjacent to an activating group) is 2. The second-order valence-corrected chi connectivity index (χ2v) is 32.1. The Morgan fingerprint density at radius 1 is 0.670 bits per heavy atom. The number of hydrogen-bond donors (Lipinski definition) is 9. The fraction of sp³-hybridized carbons (Fsp3) is 0.573. The zero-order valence-electron chi connectivity index (χ0n) is 67.9. The molecule has 30 heteroatoms. The number of primary amides is 1. The molecule has 0 spiro atoms. The molecule has 13 atom stereocenters. The summed E-state index contributed by atoms with van der Waals surface area (Å²) in [6, 6.07) is 20.8. The van der Waals surface area contributed by atoms with Crippen molar-refractivity contribution >= 4 is 80.7 Å². The second-order valence-electron chi connectivity index (χ2n) is 30.1. The van der Waals surface area contributed by atoms with Crippen LogP contribution < -0.4 is 43.0 Å². The van der Waals surface area contributed by atoms with Crippen molar-refractivity contribution in [2.24, 2.45) is 41.2 Å². The van der Waals surface area contributed by atoms with Crippen LogP contribution in [0.3, 0.4) is 0 Å². The molecule has 4 aromatic carbocycles. The Bertz CT molecular complexity index is 3870. The molecule has 618 valence electrons. The summed E-state index contributed by atoms with van der Waals surface area (Å²) in [6.45, 7) is 21.8. The number of benzene rings is 4. The fourth-order valence-electron chi connectivity index (χ4n) is 13.8. The van der Waals surface area contributed by atoms with Crippen molar-refractivity contribution in [1.82, 2.24) is 46.6 Å². The van der Waals surface area contributed by atoms with E-state index in [4.69, 9.17) is 24.7 Å². The molecule has 112 heavy (non-hydrogen) atoms. The van der Waals surface area contributed by atoms with E-state index in [0.717, 1.165) is 10.5 Å². The zero-order chi connectivity index (χ0) is 83.3. The summed E-state index contributed by atoms with van der Waals surface area (Å²) in [5.74, 6) is -7.62. The topological polar surface area (TPSA) is 399 Å². The molecular formula is C82H121N11O18S. The highest BCUT2D eigenvalue weighted by molar-refractivity contribution is 7.91. The van der Waals surface area contributed by atoms with Crippen molar-refractivity contribution in [1.29, 1.82) is 0 Å². The third kappa shape index (κ3) is 27.5. The quantitative estimate of drug-likeness (QED) is 0.0153. The Morgan fingerprint density at radius 3 is 1.88 bits per heavy atom. The molecule has 11 amide bonds. The van der Waals surface area contributed by atoms with E-state index in [9.17, 15) is 66.3 Å². The van der Waals surface area contributed by atoms with Crippen molar-refractivity contribution in [2.75, 3.05) is 72.2 Å². The number of aliphatic hydroxyl groups is 1. The van der Waals surface area contributed by atoms with Crippen molar-refractivity contribution in [3.05, 3.63) is 131 Å². The first-order valence-corrected chi connectivity index (χ1v) is 40.3. The minimum atomic E-state index is -3.73. The number of ketones is 1. The van der Waals surface area contributed by atoms with Gasteiger partial charge in [-0.2, -0.15) is 0 Å². The predicted octanol–water partition coefficient (Wildman–Crippen LogP) is 7.42. The maximum Gasteiger partial charge on any atom is 0.410 e. The van der Waals surface area contributed by atoms with Gasteiger partial charge < -0.3 is 76.8 Å². The number of nitrogens with zero attached hydrogens (tertiary/aromatic N) is 3. The molecule has 29 nitrogen and oxygen atoms in total. The molecule has 0 bridgehead atoms. The van der Waals surface area contributed by atoms with E-state index in [-0.39, 0.29) is 104 Å². The van der Waals surface area contributed by atoms with Gasteiger partial charge in [0.1, 0.15) is 30.8 Å². The number of carbonyl (C=O) groups excluding carboxylic acids is 11. The number of ether oxygens (including phenoxy) is 4. The van der Waals surface area contributed by atoms with Crippen LogP contribution in [0.5, 0.6) is 0 Å². The Hall–Kier alpha value is -9.36. The van der Waals surface area contributed by atoms with Crippen LogP contribution in [0.25, 0.3) is 0 Å². The van der Waals surface area contributed by atoms with Gasteiger partial charge in [-0.05, 0) is 117 Å². The van der Waals surface area contributed by atoms with Gasteiger partial charge in [-0.25, -0.2) is 18.0 Å². The molecule has 2 unspecified atom stereocenters. The lowest BCUT2D eigenvalue weighted by Gasteiger charge is -2.41. The van der Waals surface area contributed by atoms with Crippen molar-refractivity contribution in [2.45, 2.75) is 207 Å². The van der Waals surface area contributed by atoms with E-state index in [1.165, 1.54) is 57.7 Å². The molecule has 5 rings (SSSR count). The third-order valence-electron chi connectivity index (χ3n) is 20.6. The fourth-order valence-corrected chi connectivity index (χ4v) is 15.5. The molecule has 0 aromatic heterocycles. The summed E-state index contributed by atoms with van der Waals surface area (Å²) < 4.78 is 49.6. The summed E-state index contributed by atoms with van der Waals surface area (Å²) in [7, 11) is 2.32. The minimum absolute atomic E-state index is 0.0296. The van der Waals surface area contributed by atoms with E-state index >= 15 is 0 Å². The van der Waals surface area contributed by atoms with Gasteiger partial charge in [0.2, 0.25) is 41.4 Å². The van der Waals surface area contributed by atoms with Crippen molar-refractivity contribution in [3.63, 3.8) is 0 Å². The lowest BCUT2D eigenvalue weighted by molar-refractivity contribution is -0.148. The van der Waals surface area contributed by atoms with Crippen LogP contribution in [0.15, 0.2) is 108 Å². The minimum Gasteiger partial charge on any atom is -0.445 e. The Labute approximate surface area is 660 Å². The highest BCUT2D eigenvalue weighted by Gasteiger charge is 2.44. The van der Waals surface area contributed by atoms with Gasteiger partial charge in [0.25, 0.3) is 5.91 Å². The number of hydrogen-bond acceptors (Lipinski definition) is 18. The predicted molar refractivity (Wildman–Crippen MR) is 425 cm³/mol. The van der Waals surface area contributed by atoms with Gasteiger partial charge in [0.05, 0.1) is 72.6 Å². The molecule has 1 heterocycles. The van der Waals surface area contributed by atoms with Gasteiger partial charge in [0.15, 0.2) is 15.6 Å². The van der Waals surface area contributed by atoms with E-state index < -0.39 is 148 Å². The summed E-state index contributed by atoms with van der Waals surface area (Å²) >= 11 is 0. The van der Waals surface area contributed by atoms with Gasteiger partial charge in [0, 0.05) is 77.1 Å². The number of rotatable bonds is 45. The number of Topliss-reactive ketones (excluding diaryl/α,β-unsaturated/α-hetero) is 1. The van der Waals surface area contributed by atoms with Gasteiger partial charge in [-0.15, -0.1) is 0 Å². The van der Waals surface area contributed by atoms with Crippen LogP contribution in [0.4, 0.5) is 15.3 Å². The third-order valence-corrected chi connectivity index (χ3v) is 22.5. The number of aliphatic hydroxyl groups excluding tert-OH is 1. The number of amides is 11. The zero-order valence-corrected chi connectivity index (χ0v) is 68.7. The highest BCUT2D eigenvalue weighted by atomic mass is 32.2. The van der Waals surface area contributed by atoms with Crippen LogP contribution in [-0.2, 0) is 69.0 Å². The average Bonchev–Trinajstić information content (AvgIpc) is 1.04. The summed E-state index contributed by atoms with van der Waals surface area (Å²) in [5.41, 5.74) is 8.19. The molecule has 0 aliphatic carbocycles. The summed E-state index contributed by atoms with van der Waals surface area (Å²) in [4.78, 5) is 155. The van der Waals surface area contributed by atoms with Gasteiger partial charge in [-0.1, -0.05) is 148 Å². The molecule has 0 radical (unpaired) electrons. The number of carbonyl (C=O) groups is 11. The highest BCUT2D eigenvalue weighted by Crippen LogP contribution is 2.31. The van der Waals surface area contributed by atoms with E-state index in [0.29, 0.717) is 49.0 Å². The monoisotopic (exact) mass is 1580 g/mol. The maximum absolute atomic E-state index is 14.9. The first-order chi connectivity index (χ1) is 53.0. The number of urea groups is 1. The number of aryl methyl sites for hydroxylation is 1. The van der Waals surface area contributed by atoms with Crippen molar-refractivity contribution in [3.8, 4) is 0 Å². The maximum atomic E-state index is 14.9. The molecule has 10 N–H and O–H groups in total. The first-order valence-electron chi connectivity index (χ1n) is 38.7. The Morgan fingerprint density at radius 2 is 1.30 bits per heavy atom. The van der Waals surface area contributed by atoms with Crippen LogP contribution in [0, 0.1) is 42.4 Å². The molecule has 1 aliphatic heterocycles. The summed E-state index contributed by atoms with van der Waals surface area (Å²) in [6.07, 6.45) is -1.10. The van der Waals surface area contributed by atoms with Crippen LogP contribution in [-0.4, -0.2) is 215 Å².